The van der Waals surface area contributed by atoms with Crippen LogP contribution in [-0.4, -0.2) is 43.1 Å². The molecule has 0 aromatic rings. The van der Waals surface area contributed by atoms with Crippen molar-refractivity contribution < 1.29 is 0 Å². The van der Waals surface area contributed by atoms with Crippen LogP contribution in [0.25, 0.3) is 0 Å². The molecule has 0 aromatic carbocycles. The van der Waals surface area contributed by atoms with Crippen LogP contribution < -0.4 is 10.6 Å². The van der Waals surface area contributed by atoms with Gasteiger partial charge in [0.05, 0.1) is 0 Å². The maximum Gasteiger partial charge on any atom is 0.210 e. The van der Waals surface area contributed by atoms with E-state index in [1.807, 2.05) is 6.19 Å². The summed E-state index contributed by atoms with van der Waals surface area (Å²) < 4.78 is 0. The molecule has 2 aliphatic rings. The topological polar surface area (TPSA) is 63.5 Å². The molecule has 0 unspecified atom stereocenters. The molecule has 1 aliphatic carbocycles. The van der Waals surface area contributed by atoms with Crippen LogP contribution in [0.15, 0.2) is 4.99 Å². The molecule has 1 aliphatic heterocycles. The summed E-state index contributed by atoms with van der Waals surface area (Å²) in [4.78, 5) is 6.09. The Kier molecular flexibility index (Phi) is 4.00. The highest BCUT2D eigenvalue weighted by Gasteiger charge is 2.20. The van der Waals surface area contributed by atoms with Gasteiger partial charge in [-0.15, -0.1) is 4.99 Å². The highest BCUT2D eigenvalue weighted by atomic mass is 15.3. The minimum atomic E-state index is 0.516. The molecule has 88 valence electrons. The quantitative estimate of drug-likeness (QED) is 0.379. The maximum absolute atomic E-state index is 8.72. The summed E-state index contributed by atoms with van der Waals surface area (Å²) in [6, 6.07) is 0.516. The van der Waals surface area contributed by atoms with Gasteiger partial charge >= 0.3 is 0 Å². The third-order valence-corrected chi connectivity index (χ3v) is 3.26. The fourth-order valence-electron chi connectivity index (χ4n) is 2.37. The molecule has 0 radical (unpaired) electrons. The lowest BCUT2D eigenvalue weighted by Crippen LogP contribution is -2.52. The van der Waals surface area contributed by atoms with Crippen molar-refractivity contribution in [3.05, 3.63) is 0 Å². The van der Waals surface area contributed by atoms with Gasteiger partial charge in [0.25, 0.3) is 0 Å². The molecule has 1 saturated heterocycles. The van der Waals surface area contributed by atoms with E-state index in [2.05, 4.69) is 20.5 Å². The van der Waals surface area contributed by atoms with E-state index < -0.39 is 0 Å². The molecule has 16 heavy (non-hydrogen) atoms. The molecule has 2 N–H and O–H groups in total. The average Bonchev–Trinajstić information content (AvgIpc) is 2.83. The summed E-state index contributed by atoms with van der Waals surface area (Å²) in [5.41, 5.74) is 0. The van der Waals surface area contributed by atoms with E-state index in [4.69, 9.17) is 5.26 Å². The van der Waals surface area contributed by atoms with Gasteiger partial charge in [0, 0.05) is 32.2 Å². The number of nitrogens with one attached hydrogen (secondary N) is 2. The van der Waals surface area contributed by atoms with Gasteiger partial charge in [-0.2, -0.15) is 5.26 Å². The van der Waals surface area contributed by atoms with Crippen LogP contribution >= 0.6 is 0 Å². The second-order valence-corrected chi connectivity index (χ2v) is 4.40. The molecule has 2 fully saturated rings. The zero-order valence-corrected chi connectivity index (χ0v) is 9.58. The Balaban J connectivity index is 1.93. The predicted molar refractivity (Wildman–Crippen MR) is 62.9 cm³/mol. The summed E-state index contributed by atoms with van der Waals surface area (Å²) in [6.07, 6.45) is 6.89. The molecule has 1 saturated carbocycles. The van der Waals surface area contributed by atoms with Crippen LogP contribution in [0.3, 0.4) is 0 Å². The second-order valence-electron chi connectivity index (χ2n) is 4.40. The fourth-order valence-corrected chi connectivity index (χ4v) is 2.37. The molecular formula is C11H19N5. The Hall–Kier alpha value is -1.28. The van der Waals surface area contributed by atoms with Gasteiger partial charge in [-0.1, -0.05) is 12.8 Å². The molecule has 5 heteroatoms. The molecule has 0 amide bonds. The SMILES string of the molecule is N#C/N=C(\NC1CCCC1)N1CCNCC1. The van der Waals surface area contributed by atoms with Crippen molar-refractivity contribution in [2.24, 2.45) is 4.99 Å². The number of hydrogen-bond acceptors (Lipinski definition) is 3. The molecular weight excluding hydrogens is 202 g/mol. The van der Waals surface area contributed by atoms with Gasteiger partial charge in [0.15, 0.2) is 0 Å². The summed E-state index contributed by atoms with van der Waals surface area (Å²) in [5.74, 6) is 0.774. The molecule has 0 spiro atoms. The third-order valence-electron chi connectivity index (χ3n) is 3.26. The molecule has 2 rings (SSSR count). The van der Waals surface area contributed by atoms with E-state index in [1.165, 1.54) is 25.7 Å². The smallest absolute Gasteiger partial charge is 0.210 e. The van der Waals surface area contributed by atoms with Crippen molar-refractivity contribution >= 4 is 5.96 Å². The molecule has 0 atom stereocenters. The van der Waals surface area contributed by atoms with Crippen molar-refractivity contribution in [2.45, 2.75) is 31.7 Å². The normalized spacial score (nSPS) is 23.2. The number of hydrogen-bond donors (Lipinski definition) is 2. The average molecular weight is 221 g/mol. The minimum Gasteiger partial charge on any atom is -0.353 e. The Morgan fingerprint density at radius 3 is 2.62 bits per heavy atom. The highest BCUT2D eigenvalue weighted by molar-refractivity contribution is 5.81. The van der Waals surface area contributed by atoms with Crippen molar-refractivity contribution in [3.63, 3.8) is 0 Å². The van der Waals surface area contributed by atoms with E-state index in [1.54, 1.807) is 0 Å². The lowest BCUT2D eigenvalue weighted by molar-refractivity contribution is 0.342. The number of nitrogens with zero attached hydrogens (tertiary/aromatic N) is 3. The zero-order chi connectivity index (χ0) is 11.2. The standard InChI is InChI=1S/C11H19N5/c12-9-14-11(15-10-3-1-2-4-10)16-7-5-13-6-8-16/h10,13H,1-8H2,(H,14,15). The number of aliphatic imine (C=N–C) groups is 1. The largest absolute Gasteiger partial charge is 0.353 e. The van der Waals surface area contributed by atoms with E-state index in [0.29, 0.717) is 6.04 Å². The lowest BCUT2D eigenvalue weighted by Gasteiger charge is -2.31. The van der Waals surface area contributed by atoms with Crippen LogP contribution in [0.4, 0.5) is 0 Å². The van der Waals surface area contributed by atoms with Crippen molar-refractivity contribution in [3.8, 4) is 6.19 Å². The van der Waals surface area contributed by atoms with Crippen molar-refractivity contribution in [2.75, 3.05) is 26.2 Å². The number of guanidine groups is 1. The Labute approximate surface area is 96.5 Å². The molecule has 1 heterocycles. The van der Waals surface area contributed by atoms with Crippen LogP contribution in [0.1, 0.15) is 25.7 Å². The summed E-state index contributed by atoms with van der Waals surface area (Å²) in [7, 11) is 0. The maximum atomic E-state index is 8.72. The van der Waals surface area contributed by atoms with E-state index >= 15 is 0 Å². The van der Waals surface area contributed by atoms with E-state index in [0.717, 1.165) is 32.1 Å². The van der Waals surface area contributed by atoms with Gasteiger partial charge in [-0.05, 0) is 12.8 Å². The number of rotatable bonds is 1. The van der Waals surface area contributed by atoms with Gasteiger partial charge < -0.3 is 15.5 Å². The number of piperazine rings is 1. The summed E-state index contributed by atoms with van der Waals surface area (Å²) in [5, 5.41) is 15.4. The molecule has 0 bridgehead atoms. The monoisotopic (exact) mass is 221 g/mol. The Morgan fingerprint density at radius 2 is 2.00 bits per heavy atom. The molecule has 5 nitrogen and oxygen atoms in total. The first kappa shape index (κ1) is 11.2. The van der Waals surface area contributed by atoms with Crippen LogP contribution in [0.2, 0.25) is 0 Å². The first-order valence-electron chi connectivity index (χ1n) is 6.09. The first-order valence-corrected chi connectivity index (χ1v) is 6.09. The van der Waals surface area contributed by atoms with Gasteiger partial charge in [-0.3, -0.25) is 0 Å². The van der Waals surface area contributed by atoms with Gasteiger partial charge in [0.1, 0.15) is 0 Å². The Morgan fingerprint density at radius 1 is 1.31 bits per heavy atom. The van der Waals surface area contributed by atoms with Crippen LogP contribution in [0.5, 0.6) is 0 Å². The highest BCUT2D eigenvalue weighted by Crippen LogP contribution is 2.17. The van der Waals surface area contributed by atoms with Crippen molar-refractivity contribution in [1.29, 1.82) is 5.26 Å². The third kappa shape index (κ3) is 2.86. The minimum absolute atomic E-state index is 0.516. The fraction of sp³-hybridized carbons (Fsp3) is 0.818. The van der Waals surface area contributed by atoms with Gasteiger partial charge in [0.2, 0.25) is 12.2 Å². The van der Waals surface area contributed by atoms with Crippen LogP contribution in [-0.2, 0) is 0 Å². The number of nitriles is 1. The molecule has 0 aromatic heterocycles. The summed E-state index contributed by atoms with van der Waals surface area (Å²) in [6.45, 7) is 3.80. The van der Waals surface area contributed by atoms with Crippen LogP contribution in [0, 0.1) is 11.5 Å². The lowest BCUT2D eigenvalue weighted by atomic mass is 10.2. The predicted octanol–water partition coefficient (Wildman–Crippen LogP) is 0.261. The van der Waals surface area contributed by atoms with E-state index in [-0.39, 0.29) is 0 Å². The summed E-state index contributed by atoms with van der Waals surface area (Å²) >= 11 is 0. The Bertz CT molecular complexity index is 281. The zero-order valence-electron chi connectivity index (χ0n) is 9.58. The van der Waals surface area contributed by atoms with E-state index in [9.17, 15) is 0 Å². The van der Waals surface area contributed by atoms with Gasteiger partial charge in [-0.25, -0.2) is 0 Å². The van der Waals surface area contributed by atoms with Crippen molar-refractivity contribution in [1.82, 2.24) is 15.5 Å². The first-order chi connectivity index (χ1) is 7.90. The second kappa shape index (κ2) is 5.71.